The monoisotopic (exact) mass is 241 g/mol. The van der Waals surface area contributed by atoms with Gasteiger partial charge in [-0.05, 0) is 0 Å². The van der Waals surface area contributed by atoms with Gasteiger partial charge in [0.1, 0.15) is 0 Å². The van der Waals surface area contributed by atoms with E-state index >= 15 is 0 Å². The third kappa shape index (κ3) is 785000. The Balaban J connectivity index is -0.0000000450. The Morgan fingerprint density at radius 3 is 1.08 bits per heavy atom. The zero-order valence-corrected chi connectivity index (χ0v) is 7.42. The molecular formula is C4H10CoN2O6+. The van der Waals surface area contributed by atoms with Crippen molar-refractivity contribution in [2.75, 3.05) is 13.1 Å². The third-order valence-corrected chi connectivity index (χ3v) is 0.125. The number of hydrogen-bond acceptors (Lipinski definition) is 4. The molecule has 0 rings (SSSR count). The van der Waals surface area contributed by atoms with E-state index in [2.05, 4.69) is 0 Å². The van der Waals surface area contributed by atoms with E-state index in [9.17, 15) is 0 Å². The van der Waals surface area contributed by atoms with Crippen LogP contribution in [0.4, 0.5) is 9.59 Å². The zero-order chi connectivity index (χ0) is 10.6. The number of nitrogens with one attached hydrogen (secondary N) is 2. The smallest absolute Gasteiger partial charge is 0.679 e. The van der Waals surface area contributed by atoms with Crippen LogP contribution in [0.5, 0.6) is 0 Å². The fourth-order valence-corrected chi connectivity index (χ4v) is 0. The quantitative estimate of drug-likeness (QED) is 0.450. The van der Waals surface area contributed by atoms with Crippen molar-refractivity contribution < 1.29 is 46.8 Å². The van der Waals surface area contributed by atoms with Gasteiger partial charge in [-0.3, -0.25) is 0 Å². The van der Waals surface area contributed by atoms with Crippen LogP contribution in [-0.2, 0) is 16.8 Å². The van der Waals surface area contributed by atoms with Crippen LogP contribution in [0.3, 0.4) is 0 Å². The van der Waals surface area contributed by atoms with E-state index in [0.29, 0.717) is 0 Å². The van der Waals surface area contributed by atoms with Gasteiger partial charge in [-0.15, -0.1) is 0 Å². The molecule has 0 aliphatic carbocycles. The summed E-state index contributed by atoms with van der Waals surface area (Å²) in [6.07, 6.45) is -3.67. The van der Waals surface area contributed by atoms with Crippen molar-refractivity contribution in [1.29, 1.82) is 0 Å². The molecule has 13 heavy (non-hydrogen) atoms. The van der Waals surface area contributed by atoms with Crippen molar-refractivity contribution in [3.8, 4) is 0 Å². The predicted octanol–water partition coefficient (Wildman–Crippen LogP) is -2.80. The molecule has 0 aliphatic heterocycles. The molecule has 0 atom stereocenters. The molecule has 6 N–H and O–H groups in total. The minimum Gasteiger partial charge on any atom is -0.679 e. The van der Waals surface area contributed by atoms with Gasteiger partial charge in [0.15, 0.2) is 0 Å². The number of carbonyl (C=O) groups excluding carboxylic acids is 2. The molecule has 0 unspecified atom stereocenters. The molecule has 9 heteroatoms. The Morgan fingerprint density at radius 1 is 1.00 bits per heavy atom. The van der Waals surface area contributed by atoms with Gasteiger partial charge in [0, 0.05) is 0 Å². The van der Waals surface area contributed by atoms with Crippen molar-refractivity contribution in [2.45, 2.75) is 0 Å². The van der Waals surface area contributed by atoms with Crippen molar-refractivity contribution in [2.24, 2.45) is 0 Å². The van der Waals surface area contributed by atoms with Gasteiger partial charge >= 0.3 is 29.1 Å². The number of rotatable bonds is 1. The minimum atomic E-state index is -1.83. The van der Waals surface area contributed by atoms with Crippen molar-refractivity contribution in [1.82, 2.24) is 0 Å². The third-order valence-electron chi connectivity index (χ3n) is 0.125. The van der Waals surface area contributed by atoms with Crippen molar-refractivity contribution in [3.63, 3.8) is 0 Å². The first-order chi connectivity index (χ1) is 5.38. The molecule has 0 spiro atoms. The molecule has 0 saturated heterocycles. The van der Waals surface area contributed by atoms with E-state index in [1.807, 2.05) is 0 Å². The largest absolute Gasteiger partial charge is 3.00 e. The van der Waals surface area contributed by atoms with Crippen LogP contribution < -0.4 is 10.2 Å². The van der Waals surface area contributed by atoms with Crippen molar-refractivity contribution >= 4 is 12.3 Å². The average Bonchev–Trinajstić information content (AvgIpc) is 1.85. The molecule has 0 saturated carbocycles. The van der Waals surface area contributed by atoms with Gasteiger partial charge in [-0.25, -0.2) is 19.8 Å². The topological polar surface area (TPSA) is 174 Å². The number of carbonyl (C=O) groups is 2. The summed E-state index contributed by atoms with van der Waals surface area (Å²) in [6, 6.07) is 0. The van der Waals surface area contributed by atoms with Crippen molar-refractivity contribution in [3.05, 3.63) is 11.5 Å². The Labute approximate surface area is 84.3 Å². The Morgan fingerprint density at radius 2 is 1.08 bits per heavy atom. The van der Waals surface area contributed by atoms with Crippen LogP contribution >= 0.6 is 0 Å². The van der Waals surface area contributed by atoms with Gasteiger partial charge in [0.2, 0.25) is 0 Å². The summed E-state index contributed by atoms with van der Waals surface area (Å²) < 4.78 is 0. The Kier molecular flexibility index (Phi) is 39.2. The van der Waals surface area contributed by atoms with Gasteiger partial charge in [0.25, 0.3) is 0 Å². The van der Waals surface area contributed by atoms with Gasteiger partial charge in [0.05, 0.1) is 0 Å². The van der Waals surface area contributed by atoms with Gasteiger partial charge in [-0.1, -0.05) is 0 Å². The van der Waals surface area contributed by atoms with E-state index in [0.717, 1.165) is 0 Å². The van der Waals surface area contributed by atoms with E-state index in [1.165, 1.54) is 0 Å². The molecule has 0 fully saturated rings. The first kappa shape index (κ1) is 22.7. The second-order valence-electron chi connectivity index (χ2n) is 1.07. The van der Waals surface area contributed by atoms with Crippen LogP contribution in [-0.4, -0.2) is 35.6 Å². The molecule has 8 nitrogen and oxygen atoms in total. The van der Waals surface area contributed by atoms with Crippen LogP contribution in [0.15, 0.2) is 0 Å². The predicted molar refractivity (Wildman–Crippen MR) is 36.4 cm³/mol. The summed E-state index contributed by atoms with van der Waals surface area (Å²) in [5, 5.41) is 27.9. The summed E-state index contributed by atoms with van der Waals surface area (Å²) in [6.45, 7) is 0.472. The first-order valence-corrected chi connectivity index (χ1v) is 2.52. The Bertz CT molecular complexity index is 99.2. The van der Waals surface area contributed by atoms with Crippen LogP contribution in [0.1, 0.15) is 0 Å². The maximum absolute atomic E-state index is 8.56. The molecule has 0 heterocycles. The minimum absolute atomic E-state index is 0. The van der Waals surface area contributed by atoms with E-state index in [-0.39, 0.29) is 29.9 Å². The molecular weight excluding hydrogens is 231 g/mol. The number of hydrogen-bond donors (Lipinski definition) is 0. The molecule has 0 aliphatic rings. The zero-order valence-electron chi connectivity index (χ0n) is 6.38. The SMILES string of the molecule is O=C([O-])[OH2+].O=C([O-])[OH2+].[Co+3].[NH-]CC[NH-]. The summed E-state index contributed by atoms with van der Waals surface area (Å²) in [7, 11) is 0. The van der Waals surface area contributed by atoms with Gasteiger partial charge < -0.3 is 21.7 Å². The second-order valence-corrected chi connectivity index (χ2v) is 1.07. The Hall–Kier alpha value is -1.03. The molecule has 0 aromatic heterocycles. The van der Waals surface area contributed by atoms with E-state index < -0.39 is 12.3 Å². The van der Waals surface area contributed by atoms with Crippen LogP contribution in [0.25, 0.3) is 11.5 Å². The first-order valence-electron chi connectivity index (χ1n) is 2.52. The average molecular weight is 241 g/mol. The maximum atomic E-state index is 8.56. The molecule has 0 aromatic carbocycles. The molecule has 0 amide bonds. The van der Waals surface area contributed by atoms with E-state index in [4.69, 9.17) is 41.5 Å². The number of carboxylic acid groups (broad SMARTS) is 2. The summed E-state index contributed by atoms with van der Waals surface area (Å²) in [5.41, 5.74) is 12.5. The molecule has 0 radical (unpaired) electrons. The molecule has 0 bridgehead atoms. The molecule has 0 aromatic rings. The summed E-state index contributed by atoms with van der Waals surface area (Å²) in [4.78, 5) is 17.1. The standard InChI is InChI=1S/C2H6N2.2CH2O3.Co/c3-1-2-4;2*2-1(3)4;/h3-4H,1-2H2;2*(H2,2,3,4);/q-2;;;+3. The maximum Gasteiger partial charge on any atom is 3.00 e. The fourth-order valence-electron chi connectivity index (χ4n) is 0. The van der Waals surface area contributed by atoms with Crippen LogP contribution in [0, 0.1) is 0 Å². The summed E-state index contributed by atoms with van der Waals surface area (Å²) >= 11 is 0. The van der Waals surface area contributed by atoms with E-state index in [1.54, 1.807) is 0 Å². The fraction of sp³-hybridized carbons (Fsp3) is 0.500. The van der Waals surface area contributed by atoms with Crippen LogP contribution in [0.2, 0.25) is 0 Å². The second kappa shape index (κ2) is 22.4. The van der Waals surface area contributed by atoms with Gasteiger partial charge in [-0.2, -0.15) is 13.1 Å². The molecule has 80 valence electrons. The normalized spacial score (nSPS) is 6.00. The summed E-state index contributed by atoms with van der Waals surface area (Å²) in [5.74, 6) is 0.